The van der Waals surface area contributed by atoms with Gasteiger partial charge in [0.25, 0.3) is 0 Å². The molecule has 0 spiro atoms. The standard InChI is InChI=1S/C17H18O3S/c18-17(16-10-11-21(19,20)12-16)15-8-6-14(7-9-15)13-4-2-1-3-5-13/h1-9,16-18H,10-12H2. The molecule has 2 aromatic carbocycles. The molecule has 0 bridgehead atoms. The molecule has 2 aromatic rings. The number of aliphatic hydroxyl groups excluding tert-OH is 1. The highest BCUT2D eigenvalue weighted by atomic mass is 32.2. The molecule has 2 atom stereocenters. The van der Waals surface area contributed by atoms with E-state index in [9.17, 15) is 13.5 Å². The van der Waals surface area contributed by atoms with Crippen molar-refractivity contribution in [3.05, 3.63) is 60.2 Å². The molecule has 0 saturated carbocycles. The minimum absolute atomic E-state index is 0.0919. The zero-order chi connectivity index (χ0) is 14.9. The van der Waals surface area contributed by atoms with E-state index in [1.807, 2.05) is 54.6 Å². The summed E-state index contributed by atoms with van der Waals surface area (Å²) in [6.07, 6.45) is -0.156. The molecule has 3 rings (SSSR count). The molecular formula is C17H18O3S. The number of aliphatic hydroxyl groups is 1. The molecule has 0 aromatic heterocycles. The van der Waals surface area contributed by atoms with Crippen molar-refractivity contribution in [2.75, 3.05) is 11.5 Å². The van der Waals surface area contributed by atoms with E-state index < -0.39 is 15.9 Å². The van der Waals surface area contributed by atoms with Crippen molar-refractivity contribution < 1.29 is 13.5 Å². The molecule has 1 heterocycles. The first kappa shape index (κ1) is 14.3. The van der Waals surface area contributed by atoms with Gasteiger partial charge in [-0.05, 0) is 23.1 Å². The van der Waals surface area contributed by atoms with Crippen LogP contribution in [-0.4, -0.2) is 25.0 Å². The van der Waals surface area contributed by atoms with Gasteiger partial charge in [-0.15, -0.1) is 0 Å². The van der Waals surface area contributed by atoms with Crippen LogP contribution in [-0.2, 0) is 9.84 Å². The summed E-state index contributed by atoms with van der Waals surface area (Å²) in [6.45, 7) is 0. The van der Waals surface area contributed by atoms with Gasteiger partial charge in [-0.25, -0.2) is 8.42 Å². The fourth-order valence-electron chi connectivity index (χ4n) is 2.85. The van der Waals surface area contributed by atoms with Gasteiger partial charge >= 0.3 is 0 Å². The van der Waals surface area contributed by atoms with E-state index in [0.29, 0.717) is 6.42 Å². The lowest BCUT2D eigenvalue weighted by molar-refractivity contribution is 0.121. The molecule has 1 aliphatic heterocycles. The fourth-order valence-corrected chi connectivity index (χ4v) is 4.68. The Morgan fingerprint density at radius 2 is 1.57 bits per heavy atom. The van der Waals surface area contributed by atoms with Crippen molar-refractivity contribution in [3.63, 3.8) is 0 Å². The van der Waals surface area contributed by atoms with E-state index in [0.717, 1.165) is 16.7 Å². The second kappa shape index (κ2) is 5.62. The van der Waals surface area contributed by atoms with Gasteiger partial charge in [-0.2, -0.15) is 0 Å². The van der Waals surface area contributed by atoms with Crippen LogP contribution < -0.4 is 0 Å². The first-order valence-electron chi connectivity index (χ1n) is 7.09. The van der Waals surface area contributed by atoms with Crippen LogP contribution in [0.1, 0.15) is 18.1 Å². The Kier molecular flexibility index (Phi) is 3.83. The lowest BCUT2D eigenvalue weighted by atomic mass is 9.94. The van der Waals surface area contributed by atoms with Gasteiger partial charge in [0.05, 0.1) is 17.6 Å². The van der Waals surface area contributed by atoms with Crippen molar-refractivity contribution >= 4 is 9.84 Å². The zero-order valence-electron chi connectivity index (χ0n) is 11.6. The van der Waals surface area contributed by atoms with E-state index >= 15 is 0 Å². The highest BCUT2D eigenvalue weighted by Crippen LogP contribution is 2.32. The molecule has 21 heavy (non-hydrogen) atoms. The smallest absolute Gasteiger partial charge is 0.150 e. The summed E-state index contributed by atoms with van der Waals surface area (Å²) in [7, 11) is -2.96. The largest absolute Gasteiger partial charge is 0.388 e. The Bertz CT molecular complexity index is 705. The SMILES string of the molecule is O=S1(=O)CCC(C(O)c2ccc(-c3ccccc3)cc2)C1. The average molecular weight is 302 g/mol. The molecule has 0 amide bonds. The minimum Gasteiger partial charge on any atom is -0.388 e. The summed E-state index contributed by atoms with van der Waals surface area (Å²) in [6, 6.07) is 17.7. The third-order valence-corrected chi connectivity index (χ3v) is 5.87. The van der Waals surface area contributed by atoms with Crippen molar-refractivity contribution in [2.24, 2.45) is 5.92 Å². The van der Waals surface area contributed by atoms with Gasteiger partial charge in [0.2, 0.25) is 0 Å². The highest BCUT2D eigenvalue weighted by molar-refractivity contribution is 7.91. The second-order valence-electron chi connectivity index (χ2n) is 5.60. The Balaban J connectivity index is 1.78. The average Bonchev–Trinajstić information content (AvgIpc) is 2.88. The summed E-state index contributed by atoms with van der Waals surface area (Å²) >= 11 is 0. The third kappa shape index (κ3) is 3.17. The highest BCUT2D eigenvalue weighted by Gasteiger charge is 2.33. The van der Waals surface area contributed by atoms with Crippen LogP contribution in [0, 0.1) is 5.92 Å². The number of benzene rings is 2. The van der Waals surface area contributed by atoms with E-state index in [1.165, 1.54) is 0 Å². The van der Waals surface area contributed by atoms with Crippen LogP contribution in [0.25, 0.3) is 11.1 Å². The van der Waals surface area contributed by atoms with Crippen LogP contribution in [0.3, 0.4) is 0 Å². The van der Waals surface area contributed by atoms with Crippen LogP contribution >= 0.6 is 0 Å². The predicted octanol–water partition coefficient (Wildman–Crippen LogP) is 2.82. The Morgan fingerprint density at radius 3 is 2.14 bits per heavy atom. The molecule has 2 unspecified atom stereocenters. The summed E-state index contributed by atoms with van der Waals surface area (Å²) < 4.78 is 23.0. The van der Waals surface area contributed by atoms with Gasteiger partial charge in [0, 0.05) is 5.92 Å². The molecule has 0 aliphatic carbocycles. The predicted molar refractivity (Wildman–Crippen MR) is 83.6 cm³/mol. The zero-order valence-corrected chi connectivity index (χ0v) is 12.5. The third-order valence-electron chi connectivity index (χ3n) is 4.07. The maximum atomic E-state index is 11.5. The Labute approximate surface area is 125 Å². The van der Waals surface area contributed by atoms with Crippen molar-refractivity contribution in [2.45, 2.75) is 12.5 Å². The quantitative estimate of drug-likeness (QED) is 0.948. The van der Waals surface area contributed by atoms with Gasteiger partial charge in [0.1, 0.15) is 0 Å². The fraction of sp³-hybridized carbons (Fsp3) is 0.294. The first-order valence-corrected chi connectivity index (χ1v) is 8.91. The molecule has 3 nitrogen and oxygen atoms in total. The monoisotopic (exact) mass is 302 g/mol. The maximum absolute atomic E-state index is 11.5. The molecule has 0 radical (unpaired) electrons. The molecule has 1 saturated heterocycles. The Morgan fingerprint density at radius 1 is 0.952 bits per heavy atom. The molecule has 110 valence electrons. The number of hydrogen-bond donors (Lipinski definition) is 1. The molecule has 1 aliphatic rings. The maximum Gasteiger partial charge on any atom is 0.150 e. The number of sulfone groups is 1. The van der Waals surface area contributed by atoms with E-state index in [1.54, 1.807) is 0 Å². The van der Waals surface area contributed by atoms with Crippen molar-refractivity contribution in [1.29, 1.82) is 0 Å². The number of rotatable bonds is 3. The van der Waals surface area contributed by atoms with Crippen LogP contribution in [0.15, 0.2) is 54.6 Å². The second-order valence-corrected chi connectivity index (χ2v) is 7.82. The summed E-state index contributed by atoms with van der Waals surface area (Å²) in [5.41, 5.74) is 3.00. The van der Waals surface area contributed by atoms with E-state index in [-0.39, 0.29) is 17.4 Å². The van der Waals surface area contributed by atoms with Crippen molar-refractivity contribution in [1.82, 2.24) is 0 Å². The van der Waals surface area contributed by atoms with Crippen LogP contribution in [0.5, 0.6) is 0 Å². The minimum atomic E-state index is -2.96. The molecule has 1 fully saturated rings. The summed E-state index contributed by atoms with van der Waals surface area (Å²) in [5.74, 6) is 0.100. The van der Waals surface area contributed by atoms with Gasteiger partial charge in [-0.1, -0.05) is 54.6 Å². The van der Waals surface area contributed by atoms with Gasteiger partial charge in [0.15, 0.2) is 9.84 Å². The number of hydrogen-bond acceptors (Lipinski definition) is 3. The summed E-state index contributed by atoms with van der Waals surface area (Å²) in [5, 5.41) is 10.3. The van der Waals surface area contributed by atoms with E-state index in [2.05, 4.69) is 0 Å². The van der Waals surface area contributed by atoms with Gasteiger partial charge in [-0.3, -0.25) is 0 Å². The molecule has 1 N–H and O–H groups in total. The lowest BCUT2D eigenvalue weighted by Crippen LogP contribution is -2.14. The summed E-state index contributed by atoms with van der Waals surface area (Å²) in [4.78, 5) is 0. The van der Waals surface area contributed by atoms with Gasteiger partial charge < -0.3 is 5.11 Å². The molecule has 4 heteroatoms. The molecular weight excluding hydrogens is 284 g/mol. The topological polar surface area (TPSA) is 54.4 Å². The normalized spacial score (nSPS) is 22.0. The lowest BCUT2D eigenvalue weighted by Gasteiger charge is -2.17. The van der Waals surface area contributed by atoms with E-state index in [4.69, 9.17) is 0 Å². The first-order chi connectivity index (χ1) is 10.1. The Hall–Kier alpha value is -1.65. The van der Waals surface area contributed by atoms with Crippen LogP contribution in [0.2, 0.25) is 0 Å². The van der Waals surface area contributed by atoms with Crippen LogP contribution in [0.4, 0.5) is 0 Å². The van der Waals surface area contributed by atoms with Crippen molar-refractivity contribution in [3.8, 4) is 11.1 Å².